The van der Waals surface area contributed by atoms with E-state index >= 15 is 0 Å². The molecule has 0 bridgehead atoms. The number of amides is 1. The maximum atomic E-state index is 12.3. The number of carbonyl (C=O) groups excluding carboxylic acids is 1. The number of nitrogens with zero attached hydrogens (tertiary/aromatic N) is 3. The number of hydrogen-bond donors (Lipinski definition) is 0. The lowest BCUT2D eigenvalue weighted by Crippen LogP contribution is -2.46. The first-order valence-corrected chi connectivity index (χ1v) is 8.34. The third-order valence-corrected chi connectivity index (χ3v) is 3.77. The fourth-order valence-corrected chi connectivity index (χ4v) is 2.64. The Morgan fingerprint density at radius 2 is 2.13 bits per heavy atom. The molecule has 1 aromatic rings. The lowest BCUT2D eigenvalue weighted by Gasteiger charge is -2.36. The zero-order valence-corrected chi connectivity index (χ0v) is 14.7. The van der Waals surface area contributed by atoms with E-state index in [-0.39, 0.29) is 12.1 Å². The molecule has 1 unspecified atom stereocenters. The van der Waals surface area contributed by atoms with Gasteiger partial charge in [0.2, 0.25) is 5.88 Å². The molecule has 0 aliphatic carbocycles. The van der Waals surface area contributed by atoms with Gasteiger partial charge in [0, 0.05) is 25.1 Å². The molecule has 0 aromatic carbocycles. The van der Waals surface area contributed by atoms with Crippen molar-refractivity contribution in [2.24, 2.45) is 0 Å². The summed E-state index contributed by atoms with van der Waals surface area (Å²) in [6.45, 7) is 6.85. The van der Waals surface area contributed by atoms with Crippen LogP contribution >= 0.6 is 11.6 Å². The Hall–Kier alpha value is -1.56. The average molecular weight is 342 g/mol. The van der Waals surface area contributed by atoms with Crippen molar-refractivity contribution in [2.45, 2.75) is 58.1 Å². The van der Waals surface area contributed by atoms with Crippen LogP contribution in [0.3, 0.4) is 0 Å². The standard InChI is InChI=1S/C16H24ClN3O3/c1-16(2,3)23-15(21)20-10-5-4-6-12(20)9-11-22-14-8-7-13(17)18-19-14/h7-8,12H,4-6,9-11H2,1-3H3. The van der Waals surface area contributed by atoms with Crippen LogP contribution in [0.1, 0.15) is 46.5 Å². The molecular weight excluding hydrogens is 318 g/mol. The lowest BCUT2D eigenvalue weighted by molar-refractivity contribution is 0.00737. The van der Waals surface area contributed by atoms with Gasteiger partial charge in [-0.25, -0.2) is 4.79 Å². The van der Waals surface area contributed by atoms with E-state index in [2.05, 4.69) is 10.2 Å². The van der Waals surface area contributed by atoms with Crippen LogP contribution < -0.4 is 4.74 Å². The zero-order valence-electron chi connectivity index (χ0n) is 13.9. The minimum absolute atomic E-state index is 0.138. The van der Waals surface area contributed by atoms with Crippen molar-refractivity contribution in [2.75, 3.05) is 13.2 Å². The van der Waals surface area contributed by atoms with Crippen molar-refractivity contribution in [3.05, 3.63) is 17.3 Å². The first kappa shape index (κ1) is 17.8. The van der Waals surface area contributed by atoms with E-state index in [9.17, 15) is 4.79 Å². The summed E-state index contributed by atoms with van der Waals surface area (Å²) in [7, 11) is 0. The Morgan fingerprint density at radius 3 is 2.78 bits per heavy atom. The molecule has 23 heavy (non-hydrogen) atoms. The number of halogens is 1. The first-order valence-electron chi connectivity index (χ1n) is 7.97. The van der Waals surface area contributed by atoms with Gasteiger partial charge in [-0.15, -0.1) is 10.2 Å². The van der Waals surface area contributed by atoms with E-state index in [0.717, 1.165) is 32.2 Å². The number of hydrogen-bond acceptors (Lipinski definition) is 5. The summed E-state index contributed by atoms with van der Waals surface area (Å²) in [5, 5.41) is 7.92. The molecule has 1 amide bonds. The Kier molecular flexibility index (Phi) is 6.04. The van der Waals surface area contributed by atoms with E-state index < -0.39 is 5.60 Å². The highest BCUT2D eigenvalue weighted by Gasteiger charge is 2.30. The number of aromatic nitrogens is 2. The van der Waals surface area contributed by atoms with Crippen LogP contribution in [0.4, 0.5) is 4.79 Å². The molecule has 1 aromatic heterocycles. The molecule has 1 aliphatic rings. The van der Waals surface area contributed by atoms with Crippen molar-refractivity contribution in [3.63, 3.8) is 0 Å². The molecule has 1 atom stereocenters. The maximum Gasteiger partial charge on any atom is 0.410 e. The molecule has 0 spiro atoms. The fourth-order valence-electron chi connectivity index (χ4n) is 2.54. The van der Waals surface area contributed by atoms with Gasteiger partial charge in [0.1, 0.15) is 5.60 Å². The second-order valence-electron chi connectivity index (χ2n) is 6.65. The van der Waals surface area contributed by atoms with Gasteiger partial charge in [-0.1, -0.05) is 11.6 Å². The second kappa shape index (κ2) is 7.81. The first-order chi connectivity index (χ1) is 10.8. The predicted octanol–water partition coefficient (Wildman–Crippen LogP) is 3.69. The van der Waals surface area contributed by atoms with Gasteiger partial charge in [-0.3, -0.25) is 0 Å². The molecular formula is C16H24ClN3O3. The highest BCUT2D eigenvalue weighted by Crippen LogP contribution is 2.22. The molecule has 1 aliphatic heterocycles. The minimum Gasteiger partial charge on any atom is -0.477 e. The molecule has 1 fully saturated rings. The Bertz CT molecular complexity index is 516. The van der Waals surface area contributed by atoms with Crippen LogP contribution in [-0.2, 0) is 4.74 Å². The number of piperidine rings is 1. The van der Waals surface area contributed by atoms with Gasteiger partial charge < -0.3 is 14.4 Å². The summed E-state index contributed by atoms with van der Waals surface area (Å²) in [5.74, 6) is 0.439. The summed E-state index contributed by atoms with van der Waals surface area (Å²) in [6.07, 6.45) is 3.59. The molecule has 0 radical (unpaired) electrons. The monoisotopic (exact) mass is 341 g/mol. The van der Waals surface area contributed by atoms with Crippen LogP contribution in [0, 0.1) is 0 Å². The smallest absolute Gasteiger partial charge is 0.410 e. The summed E-state index contributed by atoms with van der Waals surface area (Å²) in [5.41, 5.74) is -0.478. The van der Waals surface area contributed by atoms with Crippen LogP contribution in [-0.4, -0.2) is 46.0 Å². The van der Waals surface area contributed by atoms with Crippen molar-refractivity contribution in [1.29, 1.82) is 0 Å². The van der Waals surface area contributed by atoms with Crippen LogP contribution in [0.15, 0.2) is 12.1 Å². The largest absolute Gasteiger partial charge is 0.477 e. The summed E-state index contributed by atoms with van der Waals surface area (Å²) >= 11 is 5.69. The third kappa shape index (κ3) is 5.86. The van der Waals surface area contributed by atoms with E-state index in [1.807, 2.05) is 25.7 Å². The quantitative estimate of drug-likeness (QED) is 0.835. The van der Waals surface area contributed by atoms with E-state index in [4.69, 9.17) is 21.1 Å². The summed E-state index contributed by atoms with van der Waals surface area (Å²) < 4.78 is 11.1. The molecule has 2 rings (SSSR count). The second-order valence-corrected chi connectivity index (χ2v) is 7.04. The van der Waals surface area contributed by atoms with Crippen LogP contribution in [0.2, 0.25) is 5.15 Å². The molecule has 6 nitrogen and oxygen atoms in total. The van der Waals surface area contributed by atoms with Gasteiger partial charge >= 0.3 is 6.09 Å². The number of carbonyl (C=O) groups is 1. The Balaban J connectivity index is 1.86. The molecule has 0 saturated carbocycles. The Labute approximate surface area is 142 Å². The van der Waals surface area contributed by atoms with E-state index in [1.54, 1.807) is 12.1 Å². The summed E-state index contributed by atoms with van der Waals surface area (Å²) in [6, 6.07) is 3.46. The number of likely N-dealkylation sites (tertiary alicyclic amines) is 1. The molecule has 7 heteroatoms. The SMILES string of the molecule is CC(C)(C)OC(=O)N1CCCCC1CCOc1ccc(Cl)nn1. The number of ether oxygens (including phenoxy) is 2. The van der Waals surface area contributed by atoms with Gasteiger partial charge in [-0.2, -0.15) is 0 Å². The van der Waals surface area contributed by atoms with E-state index in [1.165, 1.54) is 0 Å². The zero-order chi connectivity index (χ0) is 16.9. The van der Waals surface area contributed by atoms with Crippen molar-refractivity contribution >= 4 is 17.7 Å². The van der Waals surface area contributed by atoms with Crippen molar-refractivity contribution < 1.29 is 14.3 Å². The summed E-state index contributed by atoms with van der Waals surface area (Å²) in [4.78, 5) is 14.1. The van der Waals surface area contributed by atoms with Crippen molar-refractivity contribution in [3.8, 4) is 5.88 Å². The highest BCUT2D eigenvalue weighted by atomic mass is 35.5. The van der Waals surface area contributed by atoms with Crippen LogP contribution in [0.25, 0.3) is 0 Å². The van der Waals surface area contributed by atoms with Crippen molar-refractivity contribution in [1.82, 2.24) is 15.1 Å². The van der Waals surface area contributed by atoms with Crippen LogP contribution in [0.5, 0.6) is 5.88 Å². The van der Waals surface area contributed by atoms with Gasteiger partial charge in [0.05, 0.1) is 6.61 Å². The number of rotatable bonds is 4. The lowest BCUT2D eigenvalue weighted by atomic mass is 10.0. The van der Waals surface area contributed by atoms with Gasteiger partial charge in [-0.05, 0) is 46.1 Å². The normalized spacial score (nSPS) is 18.6. The topological polar surface area (TPSA) is 64.5 Å². The van der Waals surface area contributed by atoms with E-state index in [0.29, 0.717) is 17.6 Å². The average Bonchev–Trinajstić information content (AvgIpc) is 2.48. The molecule has 0 N–H and O–H groups in total. The maximum absolute atomic E-state index is 12.3. The highest BCUT2D eigenvalue weighted by molar-refractivity contribution is 6.29. The fraction of sp³-hybridized carbons (Fsp3) is 0.688. The predicted molar refractivity (Wildman–Crippen MR) is 87.7 cm³/mol. The van der Waals surface area contributed by atoms with Gasteiger partial charge in [0.25, 0.3) is 0 Å². The Morgan fingerprint density at radius 1 is 1.35 bits per heavy atom. The molecule has 1 saturated heterocycles. The van der Waals surface area contributed by atoms with Gasteiger partial charge in [0.15, 0.2) is 5.15 Å². The third-order valence-electron chi connectivity index (χ3n) is 3.56. The minimum atomic E-state index is -0.478. The molecule has 2 heterocycles. The molecule has 128 valence electrons.